The van der Waals surface area contributed by atoms with Crippen molar-refractivity contribution in [3.8, 4) is 17.2 Å². The number of nitrogens with one attached hydrogen (secondary N) is 3. The van der Waals surface area contributed by atoms with Crippen LogP contribution in [0.4, 0.5) is 10.5 Å². The molecule has 202 valence electrons. The van der Waals surface area contributed by atoms with E-state index in [2.05, 4.69) is 16.0 Å². The Hall–Kier alpha value is -3.95. The first-order valence-corrected chi connectivity index (χ1v) is 12.3. The summed E-state index contributed by atoms with van der Waals surface area (Å²) < 4.78 is 22.1. The van der Waals surface area contributed by atoms with E-state index in [9.17, 15) is 14.4 Å². The highest BCUT2D eigenvalue weighted by atomic mass is 16.6. The smallest absolute Gasteiger partial charge is 0.408 e. The number of carbonyl (C=O) groups is 3. The Kier molecular flexibility index (Phi) is 11.0. The van der Waals surface area contributed by atoms with E-state index in [4.69, 9.17) is 18.9 Å². The van der Waals surface area contributed by atoms with Gasteiger partial charge < -0.3 is 34.9 Å². The van der Waals surface area contributed by atoms with Crippen LogP contribution in [0.1, 0.15) is 57.5 Å². The van der Waals surface area contributed by atoms with Gasteiger partial charge in [-0.05, 0) is 71.4 Å². The van der Waals surface area contributed by atoms with Gasteiger partial charge in [0.25, 0.3) is 5.91 Å². The maximum absolute atomic E-state index is 12.9. The second-order valence-corrected chi connectivity index (χ2v) is 8.88. The third-order valence-corrected chi connectivity index (χ3v) is 4.66. The van der Waals surface area contributed by atoms with Crippen LogP contribution in [0.5, 0.6) is 17.2 Å². The number of hydrogen-bond donors (Lipinski definition) is 3. The molecule has 37 heavy (non-hydrogen) atoms. The molecule has 0 unspecified atom stereocenters. The summed E-state index contributed by atoms with van der Waals surface area (Å²) >= 11 is 0. The van der Waals surface area contributed by atoms with E-state index in [-0.39, 0.29) is 24.9 Å². The Morgan fingerprint density at radius 1 is 0.811 bits per heavy atom. The van der Waals surface area contributed by atoms with Gasteiger partial charge in [-0.1, -0.05) is 12.1 Å². The van der Waals surface area contributed by atoms with Gasteiger partial charge in [-0.2, -0.15) is 0 Å². The Morgan fingerprint density at radius 3 is 1.89 bits per heavy atom. The highest BCUT2D eigenvalue weighted by Gasteiger charge is 2.19. The van der Waals surface area contributed by atoms with Gasteiger partial charge >= 0.3 is 6.09 Å². The number of alkyl carbamates (subject to hydrolysis) is 1. The Bertz CT molecular complexity index is 1040. The zero-order valence-corrected chi connectivity index (χ0v) is 22.4. The number of anilines is 1. The number of benzene rings is 2. The van der Waals surface area contributed by atoms with E-state index >= 15 is 0 Å². The lowest BCUT2D eigenvalue weighted by atomic mass is 10.1. The van der Waals surface area contributed by atoms with Crippen molar-refractivity contribution in [2.24, 2.45) is 0 Å². The lowest BCUT2D eigenvalue weighted by Crippen LogP contribution is -2.39. The SMILES string of the molecule is CCOc1cc(C(=O)Nc2ccc(CNC(=O)CNC(=O)OC(C)(C)C)cc2)cc(OCC)c1OCC. The molecule has 2 rings (SSSR count). The molecule has 10 heteroatoms. The molecule has 0 spiro atoms. The summed E-state index contributed by atoms with van der Waals surface area (Å²) in [5.41, 5.74) is 1.13. The molecule has 0 saturated heterocycles. The molecule has 10 nitrogen and oxygen atoms in total. The first-order valence-electron chi connectivity index (χ1n) is 12.3. The molecular weight excluding hydrogens is 478 g/mol. The Morgan fingerprint density at radius 2 is 1.38 bits per heavy atom. The second kappa shape index (κ2) is 14.0. The van der Waals surface area contributed by atoms with Gasteiger partial charge in [0.15, 0.2) is 11.5 Å². The average molecular weight is 516 g/mol. The molecule has 0 aliphatic rings. The van der Waals surface area contributed by atoms with Crippen molar-refractivity contribution in [3.63, 3.8) is 0 Å². The van der Waals surface area contributed by atoms with Gasteiger partial charge in [-0.3, -0.25) is 9.59 Å². The summed E-state index contributed by atoms with van der Waals surface area (Å²) in [7, 11) is 0. The van der Waals surface area contributed by atoms with Crippen LogP contribution in [0, 0.1) is 0 Å². The minimum atomic E-state index is -0.656. The molecule has 0 saturated carbocycles. The number of carbonyl (C=O) groups excluding carboxylic acids is 3. The van der Waals surface area contributed by atoms with Gasteiger partial charge in [0.1, 0.15) is 12.1 Å². The monoisotopic (exact) mass is 515 g/mol. The maximum Gasteiger partial charge on any atom is 0.408 e. The van der Waals surface area contributed by atoms with Crippen molar-refractivity contribution in [1.82, 2.24) is 10.6 Å². The fraction of sp³-hybridized carbons (Fsp3) is 0.444. The quantitative estimate of drug-likeness (QED) is 0.385. The van der Waals surface area contributed by atoms with Crippen LogP contribution < -0.4 is 30.2 Å². The topological polar surface area (TPSA) is 124 Å². The van der Waals surface area contributed by atoms with Crippen LogP contribution in [0.15, 0.2) is 36.4 Å². The van der Waals surface area contributed by atoms with E-state index in [0.717, 1.165) is 5.56 Å². The number of rotatable bonds is 12. The minimum absolute atomic E-state index is 0.196. The van der Waals surface area contributed by atoms with Crippen LogP contribution in [0.25, 0.3) is 0 Å². The van der Waals surface area contributed by atoms with Crippen molar-refractivity contribution < 1.29 is 33.3 Å². The summed E-state index contributed by atoms with van der Waals surface area (Å²) in [5, 5.41) is 7.98. The van der Waals surface area contributed by atoms with Crippen molar-refractivity contribution >= 4 is 23.6 Å². The van der Waals surface area contributed by atoms with Gasteiger partial charge in [0.05, 0.1) is 19.8 Å². The van der Waals surface area contributed by atoms with E-state index in [1.165, 1.54) is 0 Å². The molecule has 2 aromatic rings. The first-order chi connectivity index (χ1) is 17.6. The Balaban J connectivity index is 1.98. The molecule has 2 aromatic carbocycles. The van der Waals surface area contributed by atoms with Crippen LogP contribution >= 0.6 is 0 Å². The van der Waals surface area contributed by atoms with E-state index < -0.39 is 11.7 Å². The molecule has 3 N–H and O–H groups in total. The Labute approximate surface area is 218 Å². The molecule has 0 heterocycles. The zero-order valence-electron chi connectivity index (χ0n) is 22.4. The van der Waals surface area contributed by atoms with E-state index in [0.29, 0.717) is 48.3 Å². The van der Waals surface area contributed by atoms with Gasteiger partial charge in [0.2, 0.25) is 11.7 Å². The largest absolute Gasteiger partial charge is 0.490 e. The zero-order chi connectivity index (χ0) is 27.4. The van der Waals surface area contributed by atoms with Gasteiger partial charge in [0, 0.05) is 17.8 Å². The van der Waals surface area contributed by atoms with Crippen LogP contribution in [0.2, 0.25) is 0 Å². The fourth-order valence-corrected chi connectivity index (χ4v) is 3.16. The number of amides is 3. The van der Waals surface area contributed by atoms with E-state index in [1.807, 2.05) is 20.8 Å². The predicted molar refractivity (Wildman–Crippen MR) is 140 cm³/mol. The molecule has 0 aliphatic carbocycles. The first kappa shape index (κ1) is 29.3. The molecule has 3 amide bonds. The van der Waals surface area contributed by atoms with Crippen LogP contribution in [-0.4, -0.2) is 49.9 Å². The number of ether oxygens (including phenoxy) is 4. The summed E-state index contributed by atoms with van der Waals surface area (Å²) in [5.74, 6) is 0.656. The molecule has 0 radical (unpaired) electrons. The van der Waals surface area contributed by atoms with Crippen molar-refractivity contribution in [1.29, 1.82) is 0 Å². The number of hydrogen-bond acceptors (Lipinski definition) is 7. The molecule has 0 aromatic heterocycles. The molecule has 0 atom stereocenters. The normalized spacial score (nSPS) is 10.8. The molecule has 0 bridgehead atoms. The third kappa shape index (κ3) is 9.91. The summed E-state index contributed by atoms with van der Waals surface area (Å²) in [6, 6.07) is 10.3. The van der Waals surface area contributed by atoms with Crippen molar-refractivity contribution in [2.75, 3.05) is 31.7 Å². The minimum Gasteiger partial charge on any atom is -0.490 e. The predicted octanol–water partition coefficient (Wildman–Crippen LogP) is 4.28. The standard InChI is InChI=1S/C27H37N3O7/c1-7-34-21-14-19(15-22(35-8-2)24(21)36-9-3)25(32)30-20-12-10-18(11-13-20)16-28-23(31)17-29-26(33)37-27(4,5)6/h10-15H,7-9,16-17H2,1-6H3,(H,28,31)(H,29,33)(H,30,32). The highest BCUT2D eigenvalue weighted by Crippen LogP contribution is 2.39. The highest BCUT2D eigenvalue weighted by molar-refractivity contribution is 6.05. The third-order valence-electron chi connectivity index (χ3n) is 4.66. The van der Waals surface area contributed by atoms with Crippen molar-refractivity contribution in [2.45, 2.75) is 53.7 Å². The fourth-order valence-electron chi connectivity index (χ4n) is 3.16. The maximum atomic E-state index is 12.9. The van der Waals surface area contributed by atoms with Crippen LogP contribution in [-0.2, 0) is 16.1 Å². The van der Waals surface area contributed by atoms with Crippen LogP contribution in [0.3, 0.4) is 0 Å². The summed E-state index contributed by atoms with van der Waals surface area (Å²) in [6.45, 7) is 12.1. The van der Waals surface area contributed by atoms with E-state index in [1.54, 1.807) is 57.2 Å². The molecule has 0 aliphatic heterocycles. The van der Waals surface area contributed by atoms with Gasteiger partial charge in [-0.15, -0.1) is 0 Å². The second-order valence-electron chi connectivity index (χ2n) is 8.88. The lowest BCUT2D eigenvalue weighted by molar-refractivity contribution is -0.120. The average Bonchev–Trinajstić information content (AvgIpc) is 2.83. The van der Waals surface area contributed by atoms with Gasteiger partial charge in [-0.25, -0.2) is 4.79 Å². The van der Waals surface area contributed by atoms with Crippen molar-refractivity contribution in [3.05, 3.63) is 47.5 Å². The summed E-state index contributed by atoms with van der Waals surface area (Å²) in [4.78, 5) is 36.6. The summed E-state index contributed by atoms with van der Waals surface area (Å²) in [6.07, 6.45) is -0.656. The molecular formula is C27H37N3O7. The molecule has 0 fully saturated rings. The lowest BCUT2D eigenvalue weighted by Gasteiger charge is -2.19.